The number of hydrogen-bond donors (Lipinski definition) is 5. The summed E-state index contributed by atoms with van der Waals surface area (Å²) in [6.45, 7) is 13.6. The van der Waals surface area contributed by atoms with Crippen LogP contribution in [0.1, 0.15) is 99.9 Å². The first-order valence-electron chi connectivity index (χ1n) is 32.9. The first kappa shape index (κ1) is 80.2. The van der Waals surface area contributed by atoms with E-state index in [9.17, 15) is 28.0 Å². The van der Waals surface area contributed by atoms with Crippen LogP contribution < -0.4 is 21.3 Å². The summed E-state index contributed by atoms with van der Waals surface area (Å²) in [5.74, 6) is 17.6. The zero-order valence-electron chi connectivity index (χ0n) is 59.7. The van der Waals surface area contributed by atoms with Crippen LogP contribution in [0.3, 0.4) is 0 Å². The molecular weight excluding hydrogens is 1450 g/mol. The van der Waals surface area contributed by atoms with Gasteiger partial charge in [-0.05, 0) is 237 Å². The molecule has 25 heteroatoms. The van der Waals surface area contributed by atoms with Crippen LogP contribution in [-0.2, 0) is 11.4 Å². The molecule has 5 N–H and O–H groups in total. The zero-order chi connectivity index (χ0) is 77.3. The van der Waals surface area contributed by atoms with Gasteiger partial charge in [-0.1, -0.05) is 89.7 Å². The van der Waals surface area contributed by atoms with Crippen molar-refractivity contribution < 1.29 is 33.1 Å². The lowest BCUT2D eigenvalue weighted by atomic mass is 10.1. The summed E-state index contributed by atoms with van der Waals surface area (Å²) >= 11 is 9.14. The Bertz CT molecular complexity index is 5320. The first-order chi connectivity index (χ1) is 51.9. The van der Waals surface area contributed by atoms with E-state index in [1.165, 1.54) is 30.6 Å². The van der Waals surface area contributed by atoms with E-state index in [1.807, 2.05) is 157 Å². The molecular formula is C83H70BrClF2N16O5. The lowest BCUT2D eigenvalue weighted by molar-refractivity contribution is -0.118. The van der Waals surface area contributed by atoms with Gasteiger partial charge in [0.2, 0.25) is 11.9 Å². The second-order valence-corrected chi connectivity index (χ2v) is 24.8. The number of nitrogens with zero attached hydrogens (tertiary/aromatic N) is 12. The molecule has 5 amide bonds. The number of aliphatic hydroxyl groups is 1. The second-order valence-electron chi connectivity index (χ2n) is 23.5. The zero-order valence-corrected chi connectivity index (χ0v) is 62.1. The minimum Gasteiger partial charge on any atom is -0.392 e. The van der Waals surface area contributed by atoms with Gasteiger partial charge in [-0.3, -0.25) is 29.7 Å². The van der Waals surface area contributed by atoms with E-state index in [-0.39, 0.29) is 36.6 Å². The van der Waals surface area contributed by atoms with Crippen molar-refractivity contribution in [3.63, 3.8) is 0 Å². The monoisotopic (exact) mass is 1520 g/mol. The molecule has 540 valence electrons. The number of anilines is 3. The van der Waals surface area contributed by atoms with E-state index in [2.05, 4.69) is 128 Å². The molecule has 1 fully saturated rings. The van der Waals surface area contributed by atoms with E-state index in [4.69, 9.17) is 16.7 Å². The summed E-state index contributed by atoms with van der Waals surface area (Å²) in [6, 6.07) is 53.6. The Kier molecular flexibility index (Phi) is 30.6. The molecule has 21 nitrogen and oxygen atoms in total. The molecule has 12 aromatic rings. The Morgan fingerprint density at radius 2 is 1.17 bits per heavy atom. The van der Waals surface area contributed by atoms with Gasteiger partial charge in [0.1, 0.15) is 57.6 Å². The average molecular weight is 1520 g/mol. The smallest absolute Gasteiger partial charge is 0.348 e. The summed E-state index contributed by atoms with van der Waals surface area (Å²) in [5, 5.41) is 27.5. The maximum Gasteiger partial charge on any atom is 0.348 e. The number of guanidine groups is 1. The molecule has 0 unspecified atom stereocenters. The quantitative estimate of drug-likeness (QED) is 0.0927. The van der Waals surface area contributed by atoms with Gasteiger partial charge >= 0.3 is 6.03 Å². The summed E-state index contributed by atoms with van der Waals surface area (Å²) in [4.78, 5) is 85.5. The molecule has 0 saturated carbocycles. The maximum atomic E-state index is 13.4. The number of hydrogen-bond acceptors (Lipinski definition) is 15. The van der Waals surface area contributed by atoms with Crippen molar-refractivity contribution in [2.75, 3.05) is 29.5 Å². The van der Waals surface area contributed by atoms with Gasteiger partial charge in [-0.25, -0.2) is 43.5 Å². The number of nitrogens with one attached hydrogen (secondary N) is 4. The third-order valence-corrected chi connectivity index (χ3v) is 14.9. The molecule has 1 aliphatic rings. The number of pyridine rings is 7. The van der Waals surface area contributed by atoms with Crippen molar-refractivity contribution in [2.45, 2.75) is 55.1 Å². The number of rotatable bonds is 7. The fourth-order valence-corrected chi connectivity index (χ4v) is 9.64. The predicted molar refractivity (Wildman–Crippen MR) is 417 cm³/mol. The van der Waals surface area contributed by atoms with Crippen molar-refractivity contribution in [1.29, 1.82) is 0 Å². The van der Waals surface area contributed by atoms with E-state index in [0.29, 0.717) is 50.6 Å². The van der Waals surface area contributed by atoms with Gasteiger partial charge in [-0.15, -0.1) is 5.10 Å². The van der Waals surface area contributed by atoms with Crippen LogP contribution in [0.25, 0.3) is 11.1 Å². The van der Waals surface area contributed by atoms with Crippen LogP contribution in [0.4, 0.5) is 30.9 Å². The van der Waals surface area contributed by atoms with E-state index in [1.54, 1.807) is 92.1 Å². The third-order valence-electron chi connectivity index (χ3n) is 14.2. The molecule has 9 heterocycles. The van der Waals surface area contributed by atoms with Gasteiger partial charge in [0.25, 0.3) is 11.8 Å². The molecule has 8 aromatic heterocycles. The van der Waals surface area contributed by atoms with Crippen LogP contribution in [0.5, 0.6) is 0 Å². The highest BCUT2D eigenvalue weighted by Crippen LogP contribution is 2.23. The van der Waals surface area contributed by atoms with E-state index >= 15 is 0 Å². The molecule has 108 heavy (non-hydrogen) atoms. The summed E-state index contributed by atoms with van der Waals surface area (Å²) < 4.78 is 27.6. The van der Waals surface area contributed by atoms with Crippen molar-refractivity contribution in [1.82, 2.24) is 60.3 Å². The SMILES string of the molecule is CN1CC(=O)NC1=NC(=O)Nc1cccc(Cl)c1.Cc1ccc(C#Cc2cccc(CO)c2)nc1.Cc1ccc(C#Cc2cncc(Br)c2)nc1.Cc1cccc(C#Cc2cnnc(C)n2)n1.Cc1cccc(C(=O)Nc2cccc(C)n2)c1.Cc1cccc(NC(=O)c2cc(-c3cc(F)cc(F)c3)ccn2)n1. The van der Waals surface area contributed by atoms with Gasteiger partial charge in [0, 0.05) is 93.1 Å². The number of aliphatic hydroxyl groups excluding tert-OH is 1. The van der Waals surface area contributed by atoms with Crippen molar-refractivity contribution in [3.8, 4) is 46.6 Å². The van der Waals surface area contributed by atoms with E-state index in [0.717, 1.165) is 78.1 Å². The Balaban J connectivity index is 0.000000164. The Hall–Kier alpha value is -13.4. The molecule has 0 spiro atoms. The summed E-state index contributed by atoms with van der Waals surface area (Å²) in [6.07, 6.45) is 10.0. The maximum absolute atomic E-state index is 13.4. The molecule has 0 aliphatic carbocycles. The fraction of sp³-hybridized carbons (Fsp3) is 0.120. The summed E-state index contributed by atoms with van der Waals surface area (Å²) in [7, 11) is 1.67. The van der Waals surface area contributed by atoms with Crippen LogP contribution in [0, 0.1) is 95.6 Å². The minimum absolute atomic E-state index is 0.0400. The minimum atomic E-state index is -0.684. The van der Waals surface area contributed by atoms with Gasteiger partial charge in [-0.2, -0.15) is 10.1 Å². The number of halogens is 4. The highest BCUT2D eigenvalue weighted by atomic mass is 79.9. The number of carbonyl (C=O) groups is 4. The molecule has 4 aromatic carbocycles. The lowest BCUT2D eigenvalue weighted by Gasteiger charge is -2.08. The van der Waals surface area contributed by atoms with E-state index < -0.39 is 23.6 Å². The number of aryl methyl sites for hydroxylation is 7. The average Bonchev–Trinajstić information content (AvgIpc) is 1.10. The van der Waals surface area contributed by atoms with Gasteiger partial charge < -0.3 is 26.0 Å². The molecule has 0 atom stereocenters. The number of urea groups is 1. The largest absolute Gasteiger partial charge is 0.392 e. The number of amides is 5. The van der Waals surface area contributed by atoms with Gasteiger partial charge in [0.15, 0.2) is 0 Å². The van der Waals surface area contributed by atoms with Crippen molar-refractivity contribution in [3.05, 3.63) is 337 Å². The van der Waals surface area contributed by atoms with Crippen LogP contribution in [-0.4, -0.2) is 103 Å². The highest BCUT2D eigenvalue weighted by Gasteiger charge is 2.22. The second kappa shape index (κ2) is 41.2. The third kappa shape index (κ3) is 28.3. The first-order valence-corrected chi connectivity index (χ1v) is 34.1. The topological polar surface area (TPSA) is 281 Å². The Morgan fingerprint density at radius 3 is 1.76 bits per heavy atom. The lowest BCUT2D eigenvalue weighted by Crippen LogP contribution is -2.29. The number of likely N-dealkylation sites (N-methyl/N-ethyl adjacent to an activating group) is 1. The van der Waals surface area contributed by atoms with Crippen LogP contribution in [0.15, 0.2) is 235 Å². The Morgan fingerprint density at radius 1 is 0.556 bits per heavy atom. The number of benzene rings is 4. The normalized spacial score (nSPS) is 11.0. The van der Waals surface area contributed by atoms with Crippen LogP contribution >= 0.6 is 27.5 Å². The standard InChI is InChI=1S/C18H13F2N3O.C15H13NO.C14H14N2O.C13H9BrN2.C12H10N4.C11H11ClN4O2/c1-11-3-2-4-17(22-11)23-18(24)16-9-12(5-6-21-16)13-7-14(19)10-15(20)8-13;1-12-5-7-15(16-10-12)8-6-13-3-2-4-14(9-13)11-17;1-10-5-3-7-12(9-10)14(17)16-13-8-4-6-11(2)15-13;1-10-2-4-13(16-7-10)5-3-11-6-12(14)9-15-8-11;1-9-4-3-5-11(14-9)6-7-12-8-13-16-10(2)15-12;1-16-6-9(17)14-10(16)15-11(18)13-8-4-2-3-7(12)5-8/h2-10H,1H3,(H,22,23,24);2-5,7,9-10,17H,11H2,1H3;3-9H,1-2H3,(H,15,16,17);2,4,6-9H,1H3;3-5,8H,1-2H3;2-5H,6H2,1H3,(H2,13,14,15,17,18). The number of aliphatic imine (C=N–C) groups is 1. The molecule has 0 radical (unpaired) electrons. The van der Waals surface area contributed by atoms with Crippen LogP contribution in [0.2, 0.25) is 5.02 Å². The fourth-order valence-electron chi connectivity index (χ4n) is 9.09. The Labute approximate surface area is 637 Å². The number of carbonyl (C=O) groups excluding carboxylic acids is 4. The summed E-state index contributed by atoms with van der Waals surface area (Å²) in [5.41, 5.74) is 13.6. The number of aromatic nitrogens is 10. The molecule has 13 rings (SSSR count). The molecule has 0 bridgehead atoms. The molecule has 1 aliphatic heterocycles. The van der Waals surface area contributed by atoms with Gasteiger partial charge in [0.05, 0.1) is 19.3 Å². The molecule has 1 saturated heterocycles. The van der Waals surface area contributed by atoms with Crippen molar-refractivity contribution >= 4 is 74.6 Å². The predicted octanol–water partition coefficient (Wildman–Crippen LogP) is 14.7. The van der Waals surface area contributed by atoms with Crippen molar-refractivity contribution in [2.24, 2.45) is 4.99 Å². The highest BCUT2D eigenvalue weighted by molar-refractivity contribution is 9.10.